The lowest BCUT2D eigenvalue weighted by atomic mass is 9.85. The number of hydrogen-bond donors (Lipinski definition) is 2. The highest BCUT2D eigenvalue weighted by molar-refractivity contribution is 6.03. The van der Waals surface area contributed by atoms with Crippen LogP contribution < -0.4 is 0 Å². The van der Waals surface area contributed by atoms with Gasteiger partial charge in [0.1, 0.15) is 0 Å². The fourth-order valence-electron chi connectivity index (χ4n) is 2.24. The lowest BCUT2D eigenvalue weighted by molar-refractivity contribution is 0.0698. The minimum atomic E-state index is -0.936. The number of rotatable bonds is 3. The third kappa shape index (κ3) is 2.49. The Bertz CT molecular complexity index is 620. The summed E-state index contributed by atoms with van der Waals surface area (Å²) in [4.78, 5) is 11.5. The molecule has 2 rings (SSSR count). The third-order valence-corrected chi connectivity index (χ3v) is 3.30. The van der Waals surface area contributed by atoms with E-state index >= 15 is 0 Å². The van der Waals surface area contributed by atoms with Crippen LogP contribution in [0.4, 0.5) is 0 Å². The molecule has 2 aromatic rings. The molecule has 4 nitrogen and oxygen atoms in total. The first kappa shape index (κ1) is 13.6. The number of aliphatic hydroxyl groups excluding tert-OH is 1. The number of fused-ring (bicyclic) bond motifs is 1. The summed E-state index contributed by atoms with van der Waals surface area (Å²) >= 11 is 0. The van der Waals surface area contributed by atoms with Crippen LogP contribution in [0.2, 0.25) is 0 Å². The van der Waals surface area contributed by atoms with E-state index in [9.17, 15) is 9.90 Å². The maximum absolute atomic E-state index is 11.5. The van der Waals surface area contributed by atoms with E-state index in [0.717, 1.165) is 10.9 Å². The van der Waals surface area contributed by atoms with Crippen LogP contribution in [-0.2, 0) is 12.0 Å². The van der Waals surface area contributed by atoms with E-state index < -0.39 is 5.97 Å². The first-order valence-electron chi connectivity index (χ1n) is 6.32. The Hall–Kier alpha value is -1.81. The van der Waals surface area contributed by atoms with Gasteiger partial charge in [0.25, 0.3) is 0 Å². The highest BCUT2D eigenvalue weighted by Gasteiger charge is 2.20. The molecule has 0 unspecified atom stereocenters. The summed E-state index contributed by atoms with van der Waals surface area (Å²) in [5.41, 5.74) is 1.87. The summed E-state index contributed by atoms with van der Waals surface area (Å²) in [6, 6.07) is 5.65. The summed E-state index contributed by atoms with van der Waals surface area (Å²) in [5.74, 6) is -0.936. The average Bonchev–Trinajstić information content (AvgIpc) is 2.70. The van der Waals surface area contributed by atoms with Crippen molar-refractivity contribution in [2.75, 3.05) is 6.61 Å². The summed E-state index contributed by atoms with van der Waals surface area (Å²) in [5, 5.41) is 19.4. The van der Waals surface area contributed by atoms with Gasteiger partial charge in [0.2, 0.25) is 0 Å². The van der Waals surface area contributed by atoms with E-state index in [0.29, 0.717) is 17.6 Å². The lowest BCUT2D eigenvalue weighted by Crippen LogP contribution is -2.13. The second kappa shape index (κ2) is 4.70. The lowest BCUT2D eigenvalue weighted by Gasteiger charge is -2.20. The molecule has 1 aromatic carbocycles. The van der Waals surface area contributed by atoms with Gasteiger partial charge in [-0.1, -0.05) is 20.8 Å². The normalized spacial score (nSPS) is 12.0. The van der Waals surface area contributed by atoms with Crippen LogP contribution in [0.15, 0.2) is 24.4 Å². The van der Waals surface area contributed by atoms with E-state index in [1.165, 1.54) is 0 Å². The van der Waals surface area contributed by atoms with Gasteiger partial charge in [-0.15, -0.1) is 0 Å². The van der Waals surface area contributed by atoms with Crippen LogP contribution >= 0.6 is 0 Å². The van der Waals surface area contributed by atoms with Gasteiger partial charge in [0.05, 0.1) is 17.7 Å². The van der Waals surface area contributed by atoms with Crippen molar-refractivity contribution in [3.8, 4) is 0 Å². The number of aromatic carboxylic acids is 1. The zero-order valence-corrected chi connectivity index (χ0v) is 11.5. The molecule has 0 aliphatic rings. The Morgan fingerprint density at radius 2 is 2.00 bits per heavy atom. The third-order valence-electron chi connectivity index (χ3n) is 3.30. The van der Waals surface area contributed by atoms with Crippen molar-refractivity contribution in [3.63, 3.8) is 0 Å². The second-order valence-electron chi connectivity index (χ2n) is 5.75. The molecule has 0 atom stereocenters. The van der Waals surface area contributed by atoms with Crippen molar-refractivity contribution in [2.24, 2.45) is 0 Å². The van der Waals surface area contributed by atoms with Crippen molar-refractivity contribution in [1.29, 1.82) is 0 Å². The Balaban J connectivity index is 2.74. The topological polar surface area (TPSA) is 62.5 Å². The summed E-state index contributed by atoms with van der Waals surface area (Å²) < 4.78 is 1.78. The van der Waals surface area contributed by atoms with Gasteiger partial charge in [-0.3, -0.25) is 0 Å². The number of aromatic nitrogens is 1. The summed E-state index contributed by atoms with van der Waals surface area (Å²) in [6.07, 6.45) is 1.82. The number of nitrogens with zero attached hydrogens (tertiary/aromatic N) is 1. The predicted molar refractivity (Wildman–Crippen MR) is 74.7 cm³/mol. The zero-order valence-electron chi connectivity index (χ0n) is 11.5. The van der Waals surface area contributed by atoms with E-state index in [4.69, 9.17) is 5.11 Å². The molecule has 19 heavy (non-hydrogen) atoms. The summed E-state index contributed by atoms with van der Waals surface area (Å²) in [6.45, 7) is 6.57. The number of carboxylic acids is 1. The van der Waals surface area contributed by atoms with E-state index in [2.05, 4.69) is 20.8 Å². The largest absolute Gasteiger partial charge is 0.478 e. The van der Waals surface area contributed by atoms with E-state index in [1.54, 1.807) is 10.6 Å². The standard InChI is InChI=1S/C15H19NO3/c1-15(2,3)11-8-10-4-5-16(6-7-17)13(10)12(9-11)14(18)19/h4-5,8-9,17H,6-7H2,1-3H3,(H,18,19). The van der Waals surface area contributed by atoms with Crippen LogP contribution in [-0.4, -0.2) is 27.4 Å². The molecule has 0 saturated carbocycles. The second-order valence-corrected chi connectivity index (χ2v) is 5.75. The first-order chi connectivity index (χ1) is 8.84. The molecule has 0 amide bonds. The molecule has 0 bridgehead atoms. The fourth-order valence-corrected chi connectivity index (χ4v) is 2.24. The number of carbonyl (C=O) groups is 1. The Morgan fingerprint density at radius 1 is 1.32 bits per heavy atom. The molecule has 0 saturated heterocycles. The van der Waals surface area contributed by atoms with Gasteiger partial charge in [-0.2, -0.15) is 0 Å². The number of carboxylic acid groups (broad SMARTS) is 1. The van der Waals surface area contributed by atoms with Crippen LogP contribution in [0.5, 0.6) is 0 Å². The van der Waals surface area contributed by atoms with Crippen LogP contribution in [0.25, 0.3) is 10.9 Å². The van der Waals surface area contributed by atoms with Crippen molar-refractivity contribution in [3.05, 3.63) is 35.5 Å². The predicted octanol–water partition coefficient (Wildman–Crippen LogP) is 2.63. The summed E-state index contributed by atoms with van der Waals surface area (Å²) in [7, 11) is 0. The molecule has 0 fully saturated rings. The molecule has 0 spiro atoms. The van der Waals surface area contributed by atoms with Crippen molar-refractivity contribution < 1.29 is 15.0 Å². The quantitative estimate of drug-likeness (QED) is 0.892. The fraction of sp³-hybridized carbons (Fsp3) is 0.400. The van der Waals surface area contributed by atoms with Gasteiger partial charge < -0.3 is 14.8 Å². The number of aliphatic hydroxyl groups is 1. The van der Waals surface area contributed by atoms with Gasteiger partial charge in [0.15, 0.2) is 0 Å². The number of benzene rings is 1. The first-order valence-corrected chi connectivity index (χ1v) is 6.32. The van der Waals surface area contributed by atoms with Crippen LogP contribution in [0.3, 0.4) is 0 Å². The van der Waals surface area contributed by atoms with Crippen molar-refractivity contribution in [1.82, 2.24) is 4.57 Å². The molecule has 0 aliphatic carbocycles. The maximum atomic E-state index is 11.5. The number of hydrogen-bond acceptors (Lipinski definition) is 2. The minimum absolute atomic E-state index is 0.0101. The van der Waals surface area contributed by atoms with Gasteiger partial charge >= 0.3 is 5.97 Å². The van der Waals surface area contributed by atoms with Crippen molar-refractivity contribution >= 4 is 16.9 Å². The van der Waals surface area contributed by atoms with Gasteiger partial charge in [0, 0.05) is 18.1 Å². The highest BCUT2D eigenvalue weighted by atomic mass is 16.4. The van der Waals surface area contributed by atoms with Gasteiger partial charge in [-0.25, -0.2) is 4.79 Å². The molecule has 1 heterocycles. The Labute approximate surface area is 112 Å². The van der Waals surface area contributed by atoms with Crippen molar-refractivity contribution in [2.45, 2.75) is 32.7 Å². The Morgan fingerprint density at radius 3 is 2.53 bits per heavy atom. The molecule has 4 heteroatoms. The van der Waals surface area contributed by atoms with Crippen LogP contribution in [0, 0.1) is 0 Å². The average molecular weight is 261 g/mol. The Kier molecular flexibility index (Phi) is 3.37. The molecule has 0 aliphatic heterocycles. The molecular weight excluding hydrogens is 242 g/mol. The monoisotopic (exact) mass is 261 g/mol. The van der Waals surface area contributed by atoms with Gasteiger partial charge in [-0.05, 0) is 29.2 Å². The maximum Gasteiger partial charge on any atom is 0.337 e. The molecule has 0 radical (unpaired) electrons. The minimum Gasteiger partial charge on any atom is -0.478 e. The zero-order chi connectivity index (χ0) is 14.2. The van der Waals surface area contributed by atoms with E-state index in [-0.39, 0.29) is 12.0 Å². The molecule has 2 N–H and O–H groups in total. The molecule has 1 aromatic heterocycles. The van der Waals surface area contributed by atoms with E-state index in [1.807, 2.05) is 18.3 Å². The SMILES string of the molecule is CC(C)(C)c1cc(C(=O)O)c2c(ccn2CCO)c1. The smallest absolute Gasteiger partial charge is 0.337 e. The molecule has 102 valence electrons. The highest BCUT2D eigenvalue weighted by Crippen LogP contribution is 2.29. The van der Waals surface area contributed by atoms with Crippen LogP contribution in [0.1, 0.15) is 36.7 Å². The molecular formula is C15H19NO3.